The summed E-state index contributed by atoms with van der Waals surface area (Å²) in [5.74, 6) is 0. The smallest absolute Gasteiger partial charge is 0.00106 e. The van der Waals surface area contributed by atoms with Gasteiger partial charge in [-0.15, -0.1) is 0 Å². The molecule has 5 aliphatic carbocycles. The van der Waals surface area contributed by atoms with E-state index in [0.717, 1.165) is 32.1 Å². The maximum atomic E-state index is 2.40. The van der Waals surface area contributed by atoms with E-state index in [1.807, 2.05) is 0 Å². The van der Waals surface area contributed by atoms with Crippen LogP contribution >= 0.6 is 0 Å². The normalized spacial score (nSPS) is 15.0. The Morgan fingerprint density at radius 1 is 0.522 bits per heavy atom. The van der Waals surface area contributed by atoms with E-state index in [4.69, 9.17) is 0 Å². The monoisotopic (exact) mass is 296 g/mol. The molecule has 0 heteroatoms. The van der Waals surface area contributed by atoms with E-state index in [0.29, 0.717) is 0 Å². The minimum absolute atomic E-state index is 1.12. The van der Waals surface area contributed by atoms with Crippen LogP contribution in [0.3, 0.4) is 0 Å². The summed E-state index contributed by atoms with van der Waals surface area (Å²) in [6, 6.07) is 23.0. The van der Waals surface area contributed by atoms with Crippen molar-refractivity contribution >= 4 is 0 Å². The standard InChI is InChI=1S/C23H20/c1-2-4-21-20(3-1)15-22-18-11-9-16-5-7-17(8-6-16)10-12-19(14-13-18)23(21)22/h1-8,13-14H,9-12,15H2. The van der Waals surface area contributed by atoms with Crippen molar-refractivity contribution < 1.29 is 0 Å². The van der Waals surface area contributed by atoms with Gasteiger partial charge in [-0.3, -0.25) is 0 Å². The summed E-state index contributed by atoms with van der Waals surface area (Å²) in [7, 11) is 0. The zero-order valence-electron chi connectivity index (χ0n) is 13.3. The van der Waals surface area contributed by atoms with Crippen LogP contribution in [0, 0.1) is 0 Å². The van der Waals surface area contributed by atoms with Crippen molar-refractivity contribution in [1.82, 2.24) is 0 Å². The first-order valence-electron chi connectivity index (χ1n) is 8.68. The highest BCUT2D eigenvalue weighted by Crippen LogP contribution is 2.41. The molecule has 3 aromatic rings. The molecule has 0 aliphatic heterocycles. The maximum Gasteiger partial charge on any atom is -0.00106 e. The second-order valence-electron chi connectivity index (χ2n) is 6.89. The molecule has 0 aromatic heterocycles. The third kappa shape index (κ3) is 2.13. The van der Waals surface area contributed by atoms with E-state index in [2.05, 4.69) is 60.7 Å². The van der Waals surface area contributed by atoms with Crippen molar-refractivity contribution in [2.45, 2.75) is 32.1 Å². The Kier molecular flexibility index (Phi) is 2.91. The molecule has 0 heterocycles. The number of hydrogen-bond donors (Lipinski definition) is 0. The maximum absolute atomic E-state index is 2.40. The van der Waals surface area contributed by atoms with Crippen LogP contribution in [0.15, 0.2) is 60.7 Å². The zero-order valence-corrected chi connectivity index (χ0v) is 13.3. The van der Waals surface area contributed by atoms with Gasteiger partial charge in [0.1, 0.15) is 0 Å². The summed E-state index contributed by atoms with van der Waals surface area (Å²) in [4.78, 5) is 0. The predicted molar refractivity (Wildman–Crippen MR) is 95.9 cm³/mol. The lowest BCUT2D eigenvalue weighted by molar-refractivity contribution is 0.912. The van der Waals surface area contributed by atoms with Gasteiger partial charge in [0.05, 0.1) is 0 Å². The Morgan fingerprint density at radius 3 is 1.96 bits per heavy atom. The van der Waals surface area contributed by atoms with Crippen LogP contribution in [-0.2, 0) is 32.1 Å². The summed E-state index contributed by atoms with van der Waals surface area (Å²) in [6.07, 6.45) is 5.68. The van der Waals surface area contributed by atoms with Crippen LogP contribution < -0.4 is 0 Å². The Hall–Kier alpha value is -2.34. The number of hydrogen-bond acceptors (Lipinski definition) is 0. The molecule has 4 bridgehead atoms. The number of fused-ring (bicyclic) bond motifs is 1. The molecule has 0 amide bonds. The Morgan fingerprint density at radius 2 is 1.17 bits per heavy atom. The van der Waals surface area contributed by atoms with Crippen LogP contribution in [0.25, 0.3) is 11.1 Å². The molecule has 0 spiro atoms. The molecule has 0 fully saturated rings. The number of aryl methyl sites for hydroxylation is 4. The molecule has 0 radical (unpaired) electrons. The minimum Gasteiger partial charge on any atom is -0.0619 e. The van der Waals surface area contributed by atoms with Gasteiger partial charge in [0.25, 0.3) is 0 Å². The van der Waals surface area contributed by atoms with Crippen molar-refractivity contribution in [3.63, 3.8) is 0 Å². The Labute approximate surface area is 137 Å². The van der Waals surface area contributed by atoms with Gasteiger partial charge in [-0.05, 0) is 76.6 Å². The lowest BCUT2D eigenvalue weighted by atomic mass is 9.89. The molecule has 0 saturated carbocycles. The predicted octanol–water partition coefficient (Wildman–Crippen LogP) is 5.14. The fraction of sp³-hybridized carbons (Fsp3) is 0.217. The van der Waals surface area contributed by atoms with Crippen molar-refractivity contribution in [1.29, 1.82) is 0 Å². The molecule has 0 atom stereocenters. The molecular formula is C23H20. The van der Waals surface area contributed by atoms with E-state index in [-0.39, 0.29) is 0 Å². The fourth-order valence-electron chi connectivity index (χ4n) is 4.26. The topological polar surface area (TPSA) is 0 Å². The average molecular weight is 296 g/mol. The second kappa shape index (κ2) is 5.09. The van der Waals surface area contributed by atoms with Crippen LogP contribution in [0.2, 0.25) is 0 Å². The van der Waals surface area contributed by atoms with Crippen molar-refractivity contribution in [3.05, 3.63) is 94.0 Å². The number of rotatable bonds is 0. The van der Waals surface area contributed by atoms with E-state index >= 15 is 0 Å². The summed E-state index contributed by atoms with van der Waals surface area (Å²) in [6.45, 7) is 0. The van der Waals surface area contributed by atoms with E-state index < -0.39 is 0 Å². The molecule has 112 valence electrons. The van der Waals surface area contributed by atoms with Gasteiger partial charge in [-0.2, -0.15) is 0 Å². The second-order valence-corrected chi connectivity index (χ2v) is 6.89. The minimum atomic E-state index is 1.12. The van der Waals surface area contributed by atoms with E-state index in [1.54, 1.807) is 16.7 Å². The molecule has 8 rings (SSSR count). The highest BCUT2D eigenvalue weighted by atomic mass is 14.3. The van der Waals surface area contributed by atoms with Crippen molar-refractivity contribution in [2.75, 3.05) is 0 Å². The molecule has 0 saturated heterocycles. The average Bonchev–Trinajstić information content (AvgIpc) is 2.97. The highest BCUT2D eigenvalue weighted by molar-refractivity contribution is 5.80. The van der Waals surface area contributed by atoms with E-state index in [1.165, 1.54) is 27.8 Å². The van der Waals surface area contributed by atoms with Gasteiger partial charge in [-0.25, -0.2) is 0 Å². The zero-order chi connectivity index (χ0) is 15.2. The first kappa shape index (κ1) is 13.1. The molecule has 0 nitrogen and oxygen atoms in total. The molecule has 0 N–H and O–H groups in total. The summed E-state index contributed by atoms with van der Waals surface area (Å²) in [5.41, 5.74) is 12.1. The Balaban J connectivity index is 1.69. The SMILES string of the molecule is c1ccc2c(c1)Cc1c3ccc(c1-2)CCc1ccc(cc1)CC3. The molecule has 23 heavy (non-hydrogen) atoms. The Bertz CT molecular complexity index is 884. The van der Waals surface area contributed by atoms with Gasteiger partial charge in [0.2, 0.25) is 0 Å². The van der Waals surface area contributed by atoms with Crippen molar-refractivity contribution in [2.24, 2.45) is 0 Å². The molecule has 5 aliphatic rings. The summed E-state index contributed by atoms with van der Waals surface area (Å²) >= 11 is 0. The first-order chi connectivity index (χ1) is 11.4. The largest absolute Gasteiger partial charge is 0.0619 e. The first-order valence-corrected chi connectivity index (χ1v) is 8.68. The summed E-state index contributed by atoms with van der Waals surface area (Å²) < 4.78 is 0. The van der Waals surface area contributed by atoms with Crippen LogP contribution in [0.4, 0.5) is 0 Å². The van der Waals surface area contributed by atoms with Crippen LogP contribution in [-0.4, -0.2) is 0 Å². The van der Waals surface area contributed by atoms with Crippen LogP contribution in [0.1, 0.15) is 33.4 Å². The van der Waals surface area contributed by atoms with Gasteiger partial charge >= 0.3 is 0 Å². The van der Waals surface area contributed by atoms with Gasteiger partial charge in [0, 0.05) is 0 Å². The number of benzene rings is 3. The lowest BCUT2D eigenvalue weighted by Crippen LogP contribution is -2.02. The lowest BCUT2D eigenvalue weighted by Gasteiger charge is -2.16. The quantitative estimate of drug-likeness (QED) is 0.421. The third-order valence-electron chi connectivity index (χ3n) is 5.54. The summed E-state index contributed by atoms with van der Waals surface area (Å²) in [5, 5.41) is 0. The van der Waals surface area contributed by atoms with Crippen LogP contribution in [0.5, 0.6) is 0 Å². The molecular weight excluding hydrogens is 276 g/mol. The van der Waals surface area contributed by atoms with Gasteiger partial charge < -0.3 is 0 Å². The molecule has 3 aromatic carbocycles. The van der Waals surface area contributed by atoms with E-state index in [9.17, 15) is 0 Å². The fourth-order valence-corrected chi connectivity index (χ4v) is 4.26. The third-order valence-corrected chi connectivity index (χ3v) is 5.54. The van der Waals surface area contributed by atoms with Crippen molar-refractivity contribution in [3.8, 4) is 11.1 Å². The van der Waals surface area contributed by atoms with Gasteiger partial charge in [0.15, 0.2) is 0 Å². The van der Waals surface area contributed by atoms with Gasteiger partial charge in [-0.1, -0.05) is 60.7 Å². The molecule has 0 unspecified atom stereocenters. The highest BCUT2D eigenvalue weighted by Gasteiger charge is 2.23.